The van der Waals surface area contributed by atoms with Gasteiger partial charge in [-0.15, -0.1) is 0 Å². The van der Waals surface area contributed by atoms with E-state index in [4.69, 9.17) is 9.72 Å². The van der Waals surface area contributed by atoms with E-state index in [-0.39, 0.29) is 5.91 Å². The number of carbonyl (C=O) groups is 1. The Morgan fingerprint density at radius 3 is 2.51 bits per heavy atom. The summed E-state index contributed by atoms with van der Waals surface area (Å²) in [4.78, 5) is 28.0. The number of pyridine rings is 1. The molecule has 1 aromatic heterocycles. The van der Waals surface area contributed by atoms with Gasteiger partial charge in [-0.1, -0.05) is 24.3 Å². The van der Waals surface area contributed by atoms with Gasteiger partial charge in [-0.2, -0.15) is 0 Å². The average molecular weight is 500 g/mol. The normalized spacial score (nSPS) is 19.6. The summed E-state index contributed by atoms with van der Waals surface area (Å²) in [5.74, 6) is 0.922. The van der Waals surface area contributed by atoms with Gasteiger partial charge in [0.15, 0.2) is 0 Å². The summed E-state index contributed by atoms with van der Waals surface area (Å²) >= 11 is 0. The summed E-state index contributed by atoms with van der Waals surface area (Å²) in [7, 11) is 3.92. The van der Waals surface area contributed by atoms with Crippen molar-refractivity contribution in [2.45, 2.75) is 31.8 Å². The number of piperazine rings is 1. The van der Waals surface area contributed by atoms with E-state index in [0.717, 1.165) is 71.8 Å². The predicted molar refractivity (Wildman–Crippen MR) is 147 cm³/mol. The summed E-state index contributed by atoms with van der Waals surface area (Å²) in [5.41, 5.74) is 4.93. The van der Waals surface area contributed by atoms with Crippen LogP contribution in [0.2, 0.25) is 0 Å². The van der Waals surface area contributed by atoms with E-state index in [1.807, 2.05) is 29.2 Å². The Kier molecular flexibility index (Phi) is 6.74. The summed E-state index contributed by atoms with van der Waals surface area (Å²) in [6.07, 6.45) is 3.25. The molecular weight excluding hydrogens is 462 g/mol. The van der Waals surface area contributed by atoms with Crippen molar-refractivity contribution in [2.75, 3.05) is 64.9 Å². The summed E-state index contributed by atoms with van der Waals surface area (Å²) in [5, 5.41) is 1.14. The van der Waals surface area contributed by atoms with E-state index in [1.165, 1.54) is 25.9 Å². The lowest BCUT2D eigenvalue weighted by atomic mass is 10.0. The van der Waals surface area contributed by atoms with Crippen LogP contribution >= 0.6 is 0 Å². The Bertz CT molecular complexity index is 1280. The summed E-state index contributed by atoms with van der Waals surface area (Å²) in [6, 6.07) is 17.2. The Labute approximate surface area is 219 Å². The van der Waals surface area contributed by atoms with Gasteiger partial charge in [-0.05, 0) is 57.2 Å². The SMILES string of the molecule is COc1ccc(N2CCN(C3CCN(C)CC3)CC2)c2c1CN(CCc1ccc3ccccc3n1)C2=O. The maximum absolute atomic E-state index is 13.7. The first-order valence-electron chi connectivity index (χ1n) is 13.6. The second kappa shape index (κ2) is 10.3. The number of anilines is 1. The number of carbonyl (C=O) groups excluding carboxylic acids is 1. The first-order chi connectivity index (χ1) is 18.1. The second-order valence-electron chi connectivity index (χ2n) is 10.7. The van der Waals surface area contributed by atoms with E-state index >= 15 is 0 Å². The second-order valence-corrected chi connectivity index (χ2v) is 10.7. The first kappa shape index (κ1) is 24.2. The maximum Gasteiger partial charge on any atom is 0.256 e. The van der Waals surface area contributed by atoms with Crippen LogP contribution < -0.4 is 9.64 Å². The van der Waals surface area contributed by atoms with E-state index in [9.17, 15) is 4.79 Å². The van der Waals surface area contributed by atoms with Crippen LogP contribution in [0, 0.1) is 0 Å². The molecule has 0 bridgehead atoms. The fraction of sp³-hybridized carbons (Fsp3) is 0.467. The van der Waals surface area contributed by atoms with Crippen LogP contribution in [-0.4, -0.2) is 91.6 Å². The standard InChI is InChI=1S/C30H37N5O2/c1-32-14-12-24(13-15-32)33-17-19-34(20-18-33)27-9-10-28(37-2)25-21-35(30(36)29(25)27)16-11-23-8-7-22-5-3-4-6-26(22)31-23/h3-10,24H,11-21H2,1-2H3. The molecule has 2 fully saturated rings. The molecule has 3 aliphatic heterocycles. The van der Waals surface area contributed by atoms with Crippen LogP contribution in [0.3, 0.4) is 0 Å². The van der Waals surface area contributed by atoms with E-state index < -0.39 is 0 Å². The third kappa shape index (κ3) is 4.78. The van der Waals surface area contributed by atoms with Crippen molar-refractivity contribution in [3.8, 4) is 5.75 Å². The zero-order valence-electron chi connectivity index (χ0n) is 22.0. The Morgan fingerprint density at radius 1 is 0.946 bits per heavy atom. The number of hydrogen-bond acceptors (Lipinski definition) is 6. The Morgan fingerprint density at radius 2 is 1.73 bits per heavy atom. The van der Waals surface area contributed by atoms with Gasteiger partial charge in [-0.3, -0.25) is 14.7 Å². The highest BCUT2D eigenvalue weighted by atomic mass is 16.5. The van der Waals surface area contributed by atoms with Crippen LogP contribution in [-0.2, 0) is 13.0 Å². The zero-order chi connectivity index (χ0) is 25.4. The van der Waals surface area contributed by atoms with Gasteiger partial charge >= 0.3 is 0 Å². The van der Waals surface area contributed by atoms with E-state index in [1.54, 1.807) is 7.11 Å². The molecule has 0 atom stereocenters. The quantitative estimate of drug-likeness (QED) is 0.516. The number of fused-ring (bicyclic) bond motifs is 2. The molecule has 1 amide bonds. The third-order valence-electron chi connectivity index (χ3n) is 8.47. The molecule has 37 heavy (non-hydrogen) atoms. The van der Waals surface area contributed by atoms with Crippen LogP contribution in [0.4, 0.5) is 5.69 Å². The minimum Gasteiger partial charge on any atom is -0.496 e. The summed E-state index contributed by atoms with van der Waals surface area (Å²) < 4.78 is 5.69. The number of likely N-dealkylation sites (tertiary alicyclic amines) is 1. The number of aromatic nitrogens is 1. The van der Waals surface area contributed by atoms with Crippen LogP contribution in [0.25, 0.3) is 10.9 Å². The Hall–Kier alpha value is -3.16. The highest BCUT2D eigenvalue weighted by Gasteiger charge is 2.35. The highest BCUT2D eigenvalue weighted by Crippen LogP contribution is 2.38. The molecular formula is C30H37N5O2. The maximum atomic E-state index is 13.7. The molecule has 0 spiro atoms. The van der Waals surface area contributed by atoms with Crippen molar-refractivity contribution < 1.29 is 9.53 Å². The van der Waals surface area contributed by atoms with Crippen molar-refractivity contribution in [1.82, 2.24) is 19.7 Å². The lowest BCUT2D eigenvalue weighted by Crippen LogP contribution is -2.53. The lowest BCUT2D eigenvalue weighted by molar-refractivity contribution is 0.0780. The summed E-state index contributed by atoms with van der Waals surface area (Å²) in [6.45, 7) is 7.64. The van der Waals surface area contributed by atoms with Crippen molar-refractivity contribution in [3.05, 3.63) is 65.4 Å². The number of rotatable bonds is 6. The van der Waals surface area contributed by atoms with Crippen LogP contribution in [0.1, 0.15) is 34.5 Å². The molecule has 3 aromatic rings. The van der Waals surface area contributed by atoms with Gasteiger partial charge in [0.05, 0.1) is 30.4 Å². The molecule has 0 saturated carbocycles. The fourth-order valence-corrected chi connectivity index (χ4v) is 6.25. The molecule has 2 saturated heterocycles. The largest absolute Gasteiger partial charge is 0.496 e. The molecule has 0 radical (unpaired) electrons. The van der Waals surface area contributed by atoms with Gasteiger partial charge in [0.1, 0.15) is 5.75 Å². The van der Waals surface area contributed by atoms with Crippen molar-refractivity contribution in [1.29, 1.82) is 0 Å². The Balaban J connectivity index is 1.15. The molecule has 0 unspecified atom stereocenters. The molecule has 0 aliphatic carbocycles. The molecule has 7 heteroatoms. The number of amides is 1. The van der Waals surface area contributed by atoms with E-state index in [2.05, 4.69) is 46.0 Å². The number of methoxy groups -OCH3 is 1. The van der Waals surface area contributed by atoms with Gasteiger partial charge in [-0.25, -0.2) is 0 Å². The van der Waals surface area contributed by atoms with Crippen LogP contribution in [0.5, 0.6) is 5.75 Å². The minimum atomic E-state index is 0.113. The minimum absolute atomic E-state index is 0.113. The smallest absolute Gasteiger partial charge is 0.256 e. The lowest BCUT2D eigenvalue weighted by Gasteiger charge is -2.43. The van der Waals surface area contributed by atoms with Crippen molar-refractivity contribution in [3.63, 3.8) is 0 Å². The van der Waals surface area contributed by atoms with E-state index in [0.29, 0.717) is 19.1 Å². The molecule has 194 valence electrons. The number of piperidine rings is 1. The molecule has 0 N–H and O–H groups in total. The molecule has 4 heterocycles. The van der Waals surface area contributed by atoms with Gasteiger partial charge in [0.2, 0.25) is 0 Å². The highest BCUT2D eigenvalue weighted by molar-refractivity contribution is 6.04. The van der Waals surface area contributed by atoms with Crippen molar-refractivity contribution >= 4 is 22.5 Å². The number of ether oxygens (including phenoxy) is 1. The van der Waals surface area contributed by atoms with Crippen molar-refractivity contribution in [2.24, 2.45) is 0 Å². The van der Waals surface area contributed by atoms with Gasteiger partial charge in [0.25, 0.3) is 5.91 Å². The molecule has 2 aromatic carbocycles. The molecule has 7 nitrogen and oxygen atoms in total. The molecule has 3 aliphatic rings. The monoisotopic (exact) mass is 499 g/mol. The number of hydrogen-bond donors (Lipinski definition) is 0. The topological polar surface area (TPSA) is 52.2 Å². The van der Waals surface area contributed by atoms with Gasteiger partial charge < -0.3 is 19.4 Å². The molecule has 6 rings (SSSR count). The number of para-hydroxylation sites is 1. The fourth-order valence-electron chi connectivity index (χ4n) is 6.25. The first-order valence-corrected chi connectivity index (χ1v) is 13.6. The number of nitrogens with zero attached hydrogens (tertiary/aromatic N) is 5. The van der Waals surface area contributed by atoms with Crippen LogP contribution in [0.15, 0.2) is 48.5 Å². The predicted octanol–water partition coefficient (Wildman–Crippen LogP) is 3.66. The zero-order valence-corrected chi connectivity index (χ0v) is 22.0. The number of benzene rings is 2. The van der Waals surface area contributed by atoms with Gasteiger partial charge in [0, 0.05) is 61.8 Å². The third-order valence-corrected chi connectivity index (χ3v) is 8.47. The average Bonchev–Trinajstić information content (AvgIpc) is 3.28.